The zero-order valence-electron chi connectivity index (χ0n) is 13.5. The Balaban J connectivity index is 2.45. The van der Waals surface area contributed by atoms with Crippen molar-refractivity contribution >= 4 is 11.7 Å². The molecule has 6 heteroatoms. The number of urea groups is 1. The minimum Gasteiger partial charge on any atom is -0.393 e. The van der Waals surface area contributed by atoms with Crippen molar-refractivity contribution in [2.75, 3.05) is 11.9 Å². The van der Waals surface area contributed by atoms with Gasteiger partial charge in [-0.15, -0.1) is 0 Å². The normalized spacial score (nSPS) is 14.4. The summed E-state index contributed by atoms with van der Waals surface area (Å²) < 4.78 is 0. The maximum absolute atomic E-state index is 11.7. The van der Waals surface area contributed by atoms with Crippen LogP contribution in [-0.4, -0.2) is 33.8 Å². The molecule has 0 saturated carbocycles. The third-order valence-electron chi connectivity index (χ3n) is 2.94. The van der Waals surface area contributed by atoms with Gasteiger partial charge in [-0.25, -0.2) is 14.8 Å². The first kappa shape index (κ1) is 17.4. The van der Waals surface area contributed by atoms with Crippen molar-refractivity contribution in [2.45, 2.75) is 52.6 Å². The number of rotatable bonds is 5. The summed E-state index contributed by atoms with van der Waals surface area (Å²) in [5.41, 5.74) is 0.445. The zero-order valence-corrected chi connectivity index (χ0v) is 13.5. The molecule has 1 rings (SSSR count). The molecule has 1 aromatic rings. The Bertz CT molecular complexity index is 452. The molecule has 3 N–H and O–H groups in total. The van der Waals surface area contributed by atoms with E-state index in [1.807, 2.05) is 27.7 Å². The Morgan fingerprint density at radius 2 is 1.86 bits per heavy atom. The van der Waals surface area contributed by atoms with Gasteiger partial charge in [0.2, 0.25) is 0 Å². The van der Waals surface area contributed by atoms with Crippen molar-refractivity contribution in [2.24, 2.45) is 5.92 Å². The van der Waals surface area contributed by atoms with Gasteiger partial charge in [0.1, 0.15) is 5.82 Å². The Morgan fingerprint density at radius 1 is 1.29 bits per heavy atom. The summed E-state index contributed by atoms with van der Waals surface area (Å²) in [4.78, 5) is 20.2. The van der Waals surface area contributed by atoms with Crippen LogP contribution in [0.4, 0.5) is 10.5 Å². The van der Waals surface area contributed by atoms with Crippen molar-refractivity contribution in [1.82, 2.24) is 15.3 Å². The van der Waals surface area contributed by atoms with Crippen LogP contribution >= 0.6 is 0 Å². The first-order valence-corrected chi connectivity index (χ1v) is 7.24. The van der Waals surface area contributed by atoms with Crippen molar-refractivity contribution in [1.29, 1.82) is 0 Å². The molecule has 0 saturated heterocycles. The quantitative estimate of drug-likeness (QED) is 0.777. The molecule has 0 aliphatic carbocycles. The second-order valence-corrected chi connectivity index (χ2v) is 6.57. The van der Waals surface area contributed by atoms with Crippen LogP contribution in [0.5, 0.6) is 0 Å². The monoisotopic (exact) mass is 294 g/mol. The number of aromatic nitrogens is 2. The number of aliphatic hydroxyl groups is 1. The van der Waals surface area contributed by atoms with Gasteiger partial charge in [0.25, 0.3) is 0 Å². The van der Waals surface area contributed by atoms with Crippen LogP contribution in [0.25, 0.3) is 0 Å². The molecular formula is C15H26N4O2. The molecule has 0 radical (unpaired) electrons. The van der Waals surface area contributed by atoms with Crippen LogP contribution in [0.3, 0.4) is 0 Å². The lowest BCUT2D eigenvalue weighted by Gasteiger charge is -2.17. The number of carbonyl (C=O) groups excluding carboxylic acids is 1. The SMILES string of the molecule is C[C@H](CNC(=O)Nc1cnc(C(C)(C)C)nc1)C[C@@H](C)O. The predicted molar refractivity (Wildman–Crippen MR) is 83.2 cm³/mol. The van der Waals surface area contributed by atoms with Crippen LogP contribution in [0.2, 0.25) is 0 Å². The van der Waals surface area contributed by atoms with Crippen LogP contribution in [0, 0.1) is 5.92 Å². The van der Waals surface area contributed by atoms with Crippen LogP contribution in [0.15, 0.2) is 12.4 Å². The molecule has 0 aromatic carbocycles. The number of aliphatic hydroxyl groups excluding tert-OH is 1. The molecular weight excluding hydrogens is 268 g/mol. The number of anilines is 1. The topological polar surface area (TPSA) is 87.1 Å². The van der Waals surface area contributed by atoms with Gasteiger partial charge in [-0.2, -0.15) is 0 Å². The summed E-state index contributed by atoms with van der Waals surface area (Å²) in [6.07, 6.45) is 3.51. The summed E-state index contributed by atoms with van der Waals surface area (Å²) in [5.74, 6) is 0.953. The Hall–Kier alpha value is -1.69. The number of amides is 2. The summed E-state index contributed by atoms with van der Waals surface area (Å²) in [7, 11) is 0. The molecule has 1 aromatic heterocycles. The van der Waals surface area contributed by atoms with E-state index in [4.69, 9.17) is 0 Å². The maximum atomic E-state index is 11.7. The molecule has 0 aliphatic rings. The number of hydrogen-bond donors (Lipinski definition) is 3. The first-order valence-electron chi connectivity index (χ1n) is 7.24. The fourth-order valence-corrected chi connectivity index (χ4v) is 1.89. The lowest BCUT2D eigenvalue weighted by Crippen LogP contribution is -2.33. The Morgan fingerprint density at radius 3 is 2.33 bits per heavy atom. The molecule has 0 aliphatic heterocycles. The maximum Gasteiger partial charge on any atom is 0.319 e. The van der Waals surface area contributed by atoms with E-state index in [2.05, 4.69) is 20.6 Å². The van der Waals surface area contributed by atoms with E-state index in [0.717, 1.165) is 5.82 Å². The molecule has 2 amide bonds. The minimum absolute atomic E-state index is 0.114. The fraction of sp³-hybridized carbons (Fsp3) is 0.667. The summed E-state index contributed by atoms with van der Waals surface area (Å²) in [6, 6.07) is -0.292. The van der Waals surface area contributed by atoms with Crippen LogP contribution in [0.1, 0.15) is 46.9 Å². The average molecular weight is 294 g/mol. The molecule has 1 heterocycles. The van der Waals surface area contributed by atoms with Crippen molar-refractivity contribution in [3.63, 3.8) is 0 Å². The van der Waals surface area contributed by atoms with Gasteiger partial charge in [-0.3, -0.25) is 0 Å². The fourth-order valence-electron chi connectivity index (χ4n) is 1.89. The lowest BCUT2D eigenvalue weighted by atomic mass is 9.96. The molecule has 118 valence electrons. The number of nitrogens with one attached hydrogen (secondary N) is 2. The largest absolute Gasteiger partial charge is 0.393 e. The third-order valence-corrected chi connectivity index (χ3v) is 2.94. The van der Waals surface area contributed by atoms with E-state index in [1.54, 1.807) is 19.3 Å². The minimum atomic E-state index is -0.358. The summed E-state index contributed by atoms with van der Waals surface area (Å²) in [5, 5.41) is 14.7. The molecule has 6 nitrogen and oxygen atoms in total. The second-order valence-electron chi connectivity index (χ2n) is 6.57. The van der Waals surface area contributed by atoms with Gasteiger partial charge in [0, 0.05) is 12.0 Å². The van der Waals surface area contributed by atoms with Gasteiger partial charge in [0.15, 0.2) is 0 Å². The van der Waals surface area contributed by atoms with Crippen LogP contribution < -0.4 is 10.6 Å². The van der Waals surface area contributed by atoms with E-state index >= 15 is 0 Å². The molecule has 0 unspecified atom stereocenters. The molecule has 0 fully saturated rings. The molecule has 21 heavy (non-hydrogen) atoms. The zero-order chi connectivity index (χ0) is 16.0. The van der Waals surface area contributed by atoms with Crippen molar-refractivity contribution in [3.8, 4) is 0 Å². The highest BCUT2D eigenvalue weighted by molar-refractivity contribution is 5.88. The van der Waals surface area contributed by atoms with E-state index in [1.165, 1.54) is 0 Å². The number of nitrogens with zero attached hydrogens (tertiary/aromatic N) is 2. The number of carbonyl (C=O) groups is 1. The first-order chi connectivity index (χ1) is 9.68. The van der Waals surface area contributed by atoms with Crippen molar-refractivity contribution in [3.05, 3.63) is 18.2 Å². The van der Waals surface area contributed by atoms with Gasteiger partial charge < -0.3 is 15.7 Å². The van der Waals surface area contributed by atoms with E-state index in [9.17, 15) is 9.90 Å². The van der Waals surface area contributed by atoms with Gasteiger partial charge in [0.05, 0.1) is 24.2 Å². The molecule has 2 atom stereocenters. The van der Waals surface area contributed by atoms with E-state index < -0.39 is 0 Å². The standard InChI is InChI=1S/C15H26N4O2/c1-10(6-11(2)20)7-18-14(21)19-12-8-16-13(17-9-12)15(3,4)5/h8-11,20H,6-7H2,1-5H3,(H2,18,19,21)/t10-,11+/m0/s1. The van der Waals surface area contributed by atoms with Gasteiger partial charge >= 0.3 is 6.03 Å². The Kier molecular flexibility index (Phi) is 6.08. The highest BCUT2D eigenvalue weighted by Crippen LogP contribution is 2.18. The van der Waals surface area contributed by atoms with Gasteiger partial charge in [-0.1, -0.05) is 27.7 Å². The molecule has 0 bridgehead atoms. The van der Waals surface area contributed by atoms with E-state index in [-0.39, 0.29) is 23.5 Å². The summed E-state index contributed by atoms with van der Waals surface area (Å²) in [6.45, 7) is 10.3. The van der Waals surface area contributed by atoms with Crippen molar-refractivity contribution < 1.29 is 9.90 Å². The molecule has 0 spiro atoms. The highest BCUT2D eigenvalue weighted by Gasteiger charge is 2.17. The van der Waals surface area contributed by atoms with E-state index in [0.29, 0.717) is 18.7 Å². The smallest absolute Gasteiger partial charge is 0.319 e. The predicted octanol–water partition coefficient (Wildman–Crippen LogP) is 2.30. The Labute approximate surface area is 126 Å². The van der Waals surface area contributed by atoms with Gasteiger partial charge in [-0.05, 0) is 19.3 Å². The second kappa shape index (κ2) is 7.36. The third kappa shape index (κ3) is 6.53. The lowest BCUT2D eigenvalue weighted by molar-refractivity contribution is 0.163. The van der Waals surface area contributed by atoms with Crippen LogP contribution in [-0.2, 0) is 5.41 Å². The number of hydrogen-bond acceptors (Lipinski definition) is 4. The summed E-state index contributed by atoms with van der Waals surface area (Å²) >= 11 is 0. The average Bonchev–Trinajstić information content (AvgIpc) is 2.35. The highest BCUT2D eigenvalue weighted by atomic mass is 16.3.